The number of aromatic nitrogens is 1. The van der Waals surface area contributed by atoms with E-state index in [4.69, 9.17) is 4.42 Å². The van der Waals surface area contributed by atoms with Gasteiger partial charge in [-0.15, -0.1) is 0 Å². The predicted molar refractivity (Wildman–Crippen MR) is 125 cm³/mol. The summed E-state index contributed by atoms with van der Waals surface area (Å²) in [4.78, 5) is 27.2. The highest BCUT2D eigenvalue weighted by Crippen LogP contribution is 2.29. The summed E-state index contributed by atoms with van der Waals surface area (Å²) in [6.07, 6.45) is 0.833. The summed E-state index contributed by atoms with van der Waals surface area (Å²) in [6.45, 7) is 1.23. The molecule has 1 aromatic carbocycles. The second kappa shape index (κ2) is 10.9. The van der Waals surface area contributed by atoms with Crippen LogP contribution in [-0.4, -0.2) is 46.1 Å². The largest absolute Gasteiger partial charge is 0.464 e. The maximum Gasteiger partial charge on any atom is 0.274 e. The Hall–Kier alpha value is -3.16. The van der Waals surface area contributed by atoms with Gasteiger partial charge >= 0.3 is 0 Å². The standard InChI is InChI=1S/C19H22N6O5S2/c1-23(2)10-14-4-5-15(30-14)12-31-8-7-20-18(11-24(26)27)22-19-21-16-6-3-13(25(28)29)9-17(16)32-19/h3-6,9,11,20H,7-8,10,12H2,1-2H3,(H,21,22)/b18-11-. The van der Waals surface area contributed by atoms with Crippen LogP contribution in [0.15, 0.2) is 46.8 Å². The van der Waals surface area contributed by atoms with Crippen molar-refractivity contribution in [3.8, 4) is 0 Å². The highest BCUT2D eigenvalue weighted by molar-refractivity contribution is 7.98. The number of furan rings is 1. The number of nitro benzene ring substituents is 1. The minimum atomic E-state index is -0.560. The number of hydrogen-bond acceptors (Lipinski definition) is 11. The number of nitro groups is 2. The van der Waals surface area contributed by atoms with Gasteiger partial charge in [0.05, 0.1) is 32.4 Å². The Morgan fingerprint density at radius 2 is 2.03 bits per heavy atom. The first-order valence-corrected chi connectivity index (χ1v) is 11.5. The average molecular weight is 479 g/mol. The van der Waals surface area contributed by atoms with E-state index < -0.39 is 9.85 Å². The molecule has 0 aliphatic heterocycles. The lowest BCUT2D eigenvalue weighted by Gasteiger charge is -2.09. The van der Waals surface area contributed by atoms with Gasteiger partial charge in [0, 0.05) is 24.4 Å². The Kier molecular flexibility index (Phi) is 8.03. The predicted octanol–water partition coefficient (Wildman–Crippen LogP) is 3.87. The van der Waals surface area contributed by atoms with Crippen LogP contribution in [-0.2, 0) is 12.3 Å². The lowest BCUT2D eigenvalue weighted by molar-refractivity contribution is -0.403. The molecule has 0 radical (unpaired) electrons. The Labute approximate surface area is 191 Å². The number of nitrogens with one attached hydrogen (secondary N) is 2. The molecule has 0 aliphatic rings. The lowest BCUT2D eigenvalue weighted by Crippen LogP contribution is -2.23. The van der Waals surface area contributed by atoms with E-state index in [9.17, 15) is 20.2 Å². The van der Waals surface area contributed by atoms with Crippen LogP contribution in [0, 0.1) is 20.2 Å². The van der Waals surface area contributed by atoms with Crippen molar-refractivity contribution in [1.82, 2.24) is 15.2 Å². The zero-order valence-corrected chi connectivity index (χ0v) is 19.1. The van der Waals surface area contributed by atoms with Gasteiger partial charge in [-0.05, 0) is 32.3 Å². The smallest absolute Gasteiger partial charge is 0.274 e. The molecule has 2 aromatic heterocycles. The molecule has 170 valence electrons. The van der Waals surface area contributed by atoms with Crippen molar-refractivity contribution in [1.29, 1.82) is 0 Å². The third-order valence-corrected chi connectivity index (χ3v) is 5.97. The number of nitrogens with zero attached hydrogens (tertiary/aromatic N) is 4. The fourth-order valence-corrected chi connectivity index (χ4v) is 4.41. The molecule has 0 aliphatic carbocycles. The van der Waals surface area contributed by atoms with Crippen LogP contribution in [0.2, 0.25) is 0 Å². The monoisotopic (exact) mass is 478 g/mol. The maximum atomic E-state index is 11.0. The lowest BCUT2D eigenvalue weighted by atomic mass is 10.3. The van der Waals surface area contributed by atoms with E-state index in [1.165, 1.54) is 23.5 Å². The quantitative estimate of drug-likeness (QED) is 0.224. The van der Waals surface area contributed by atoms with Crippen molar-refractivity contribution in [3.63, 3.8) is 0 Å². The SMILES string of the molecule is CN(C)Cc1ccc(CSCCN/C(=C/[N+](=O)[O-])Nc2nc3ccc([N+](=O)[O-])cc3s2)o1. The molecule has 3 aromatic rings. The van der Waals surface area contributed by atoms with Crippen LogP contribution in [0.5, 0.6) is 0 Å². The van der Waals surface area contributed by atoms with Crippen LogP contribution in [0.1, 0.15) is 11.5 Å². The first-order valence-electron chi connectivity index (χ1n) is 9.51. The Morgan fingerprint density at radius 3 is 2.75 bits per heavy atom. The fraction of sp³-hybridized carbons (Fsp3) is 0.316. The minimum absolute atomic E-state index is 0.0331. The van der Waals surface area contributed by atoms with Gasteiger partial charge in [0.15, 0.2) is 11.0 Å². The third kappa shape index (κ3) is 6.93. The molecule has 0 bridgehead atoms. The van der Waals surface area contributed by atoms with Gasteiger partial charge in [-0.2, -0.15) is 11.8 Å². The molecule has 13 heteroatoms. The molecule has 2 heterocycles. The number of thioether (sulfide) groups is 1. The first kappa shape index (κ1) is 23.5. The van der Waals surface area contributed by atoms with E-state index in [-0.39, 0.29) is 11.5 Å². The molecule has 32 heavy (non-hydrogen) atoms. The molecule has 0 saturated carbocycles. The van der Waals surface area contributed by atoms with E-state index in [1.807, 2.05) is 31.1 Å². The third-order valence-electron chi connectivity index (χ3n) is 4.05. The fourth-order valence-electron chi connectivity index (χ4n) is 2.75. The van der Waals surface area contributed by atoms with Crippen molar-refractivity contribution >= 4 is 44.1 Å². The number of rotatable bonds is 12. The van der Waals surface area contributed by atoms with Gasteiger partial charge in [0.2, 0.25) is 0 Å². The summed E-state index contributed by atoms with van der Waals surface area (Å²) in [5.41, 5.74) is 0.542. The van der Waals surface area contributed by atoms with Gasteiger partial charge in [0.1, 0.15) is 11.5 Å². The van der Waals surface area contributed by atoms with Gasteiger partial charge in [-0.25, -0.2) is 4.98 Å². The van der Waals surface area contributed by atoms with Crippen LogP contribution in [0.3, 0.4) is 0 Å². The maximum absolute atomic E-state index is 11.0. The van der Waals surface area contributed by atoms with Crippen molar-refractivity contribution < 1.29 is 14.3 Å². The molecule has 0 atom stereocenters. The van der Waals surface area contributed by atoms with Crippen LogP contribution in [0.25, 0.3) is 10.2 Å². The average Bonchev–Trinajstić information content (AvgIpc) is 3.31. The molecule has 0 unspecified atom stereocenters. The van der Waals surface area contributed by atoms with Crippen molar-refractivity contribution in [2.75, 3.05) is 31.7 Å². The minimum Gasteiger partial charge on any atom is -0.464 e. The molecule has 11 nitrogen and oxygen atoms in total. The number of fused-ring (bicyclic) bond motifs is 1. The topological polar surface area (TPSA) is 140 Å². The second-order valence-corrected chi connectivity index (χ2v) is 9.10. The summed E-state index contributed by atoms with van der Waals surface area (Å²) in [7, 11) is 3.95. The normalized spacial score (nSPS) is 11.8. The van der Waals surface area contributed by atoms with Crippen LogP contribution >= 0.6 is 23.1 Å². The van der Waals surface area contributed by atoms with E-state index in [2.05, 4.69) is 15.6 Å². The molecule has 0 spiro atoms. The number of thiazole rings is 1. The molecule has 0 amide bonds. The number of non-ortho nitro benzene ring substituents is 1. The highest BCUT2D eigenvalue weighted by atomic mass is 32.2. The number of benzene rings is 1. The van der Waals surface area contributed by atoms with Crippen molar-refractivity contribution in [2.24, 2.45) is 0 Å². The molecule has 0 fully saturated rings. The van der Waals surface area contributed by atoms with E-state index in [0.717, 1.165) is 24.3 Å². The van der Waals surface area contributed by atoms with Crippen LogP contribution < -0.4 is 10.6 Å². The molecule has 0 saturated heterocycles. The van der Waals surface area contributed by atoms with Crippen LogP contribution in [0.4, 0.5) is 10.8 Å². The van der Waals surface area contributed by atoms with Gasteiger partial charge in [0.25, 0.3) is 11.9 Å². The first-order chi connectivity index (χ1) is 15.3. The number of hydrogen-bond donors (Lipinski definition) is 2. The Balaban J connectivity index is 1.52. The molecular weight excluding hydrogens is 456 g/mol. The van der Waals surface area contributed by atoms with Crippen molar-refractivity contribution in [3.05, 3.63) is 74.1 Å². The summed E-state index contributed by atoms with van der Waals surface area (Å²) < 4.78 is 6.38. The van der Waals surface area contributed by atoms with Gasteiger partial charge in [-0.3, -0.25) is 20.2 Å². The molecule has 2 N–H and O–H groups in total. The zero-order chi connectivity index (χ0) is 23.1. The molecule has 3 rings (SSSR count). The van der Waals surface area contributed by atoms with Gasteiger partial charge < -0.3 is 20.0 Å². The molecular formula is C19H22N6O5S2. The summed E-state index contributed by atoms with van der Waals surface area (Å²) in [5.74, 6) is 3.38. The van der Waals surface area contributed by atoms with E-state index in [0.29, 0.717) is 33.4 Å². The number of anilines is 1. The Morgan fingerprint density at radius 1 is 1.25 bits per heavy atom. The zero-order valence-electron chi connectivity index (χ0n) is 17.4. The van der Waals surface area contributed by atoms with E-state index >= 15 is 0 Å². The summed E-state index contributed by atoms with van der Waals surface area (Å²) in [6, 6.07) is 8.27. The second-order valence-electron chi connectivity index (χ2n) is 6.97. The Bertz CT molecular complexity index is 1130. The van der Waals surface area contributed by atoms with Crippen molar-refractivity contribution in [2.45, 2.75) is 12.3 Å². The summed E-state index contributed by atoms with van der Waals surface area (Å²) in [5, 5.41) is 28.2. The highest BCUT2D eigenvalue weighted by Gasteiger charge is 2.12. The van der Waals surface area contributed by atoms with E-state index in [1.54, 1.807) is 17.8 Å². The summed E-state index contributed by atoms with van der Waals surface area (Å²) >= 11 is 2.82. The van der Waals surface area contributed by atoms with Gasteiger partial charge in [-0.1, -0.05) is 11.3 Å².